The minimum Gasteiger partial charge on any atom is -0.311 e. The third kappa shape index (κ3) is 2.04. The summed E-state index contributed by atoms with van der Waals surface area (Å²) in [4.78, 5) is 14.5. The molecule has 0 saturated heterocycles. The van der Waals surface area contributed by atoms with Crippen molar-refractivity contribution in [3.63, 3.8) is 0 Å². The first-order valence-electron chi connectivity index (χ1n) is 8.49. The molecule has 2 bridgehead atoms. The second-order valence-electron chi connectivity index (χ2n) is 7.24. The predicted molar refractivity (Wildman–Crippen MR) is 90.8 cm³/mol. The van der Waals surface area contributed by atoms with Crippen molar-refractivity contribution in [2.45, 2.75) is 38.5 Å². The Morgan fingerprint density at radius 3 is 2.78 bits per heavy atom. The molecule has 4 nitrogen and oxygen atoms in total. The standard InChI is InChI=1S/C19H23N3O/c1-11(2)17-14-7-8-15(17)18-13(14)5-4-6-16(18)22(3)19(23)12-9-20-21-10-12/h4-6,9-11,14-15,17H,7-8H2,1-3H3,(H,20,21). The van der Waals surface area contributed by atoms with Crippen LogP contribution in [-0.4, -0.2) is 23.2 Å². The fourth-order valence-electron chi connectivity index (χ4n) is 4.91. The van der Waals surface area contributed by atoms with Crippen molar-refractivity contribution in [3.05, 3.63) is 47.3 Å². The van der Waals surface area contributed by atoms with E-state index in [0.29, 0.717) is 23.3 Å². The molecule has 3 atom stereocenters. The summed E-state index contributed by atoms with van der Waals surface area (Å²) in [7, 11) is 1.88. The predicted octanol–water partition coefficient (Wildman–Crippen LogP) is 3.93. The van der Waals surface area contributed by atoms with Gasteiger partial charge in [-0.05, 0) is 53.7 Å². The zero-order valence-electron chi connectivity index (χ0n) is 13.9. The molecule has 23 heavy (non-hydrogen) atoms. The zero-order chi connectivity index (χ0) is 16.1. The fourth-order valence-corrected chi connectivity index (χ4v) is 4.91. The maximum absolute atomic E-state index is 12.7. The molecule has 0 spiro atoms. The molecule has 1 aromatic heterocycles. The lowest BCUT2D eigenvalue weighted by Crippen LogP contribution is -2.27. The molecule has 1 N–H and O–H groups in total. The van der Waals surface area contributed by atoms with Crippen LogP contribution in [0.3, 0.4) is 0 Å². The number of nitrogens with one attached hydrogen (secondary N) is 1. The number of carbonyl (C=O) groups excluding carboxylic acids is 1. The van der Waals surface area contributed by atoms with Crippen molar-refractivity contribution in [1.82, 2.24) is 10.2 Å². The highest BCUT2D eigenvalue weighted by Crippen LogP contribution is 2.61. The van der Waals surface area contributed by atoms with Gasteiger partial charge in [-0.1, -0.05) is 26.0 Å². The number of rotatable bonds is 3. The first-order chi connectivity index (χ1) is 11.1. The molecular formula is C19H23N3O. The first kappa shape index (κ1) is 14.5. The van der Waals surface area contributed by atoms with Gasteiger partial charge in [-0.2, -0.15) is 5.10 Å². The van der Waals surface area contributed by atoms with Crippen molar-refractivity contribution >= 4 is 11.6 Å². The van der Waals surface area contributed by atoms with Crippen LogP contribution in [0, 0.1) is 11.8 Å². The monoisotopic (exact) mass is 309 g/mol. The van der Waals surface area contributed by atoms with Gasteiger partial charge in [0.25, 0.3) is 5.91 Å². The van der Waals surface area contributed by atoms with Gasteiger partial charge in [-0.25, -0.2) is 0 Å². The maximum atomic E-state index is 12.7. The molecule has 3 unspecified atom stereocenters. The van der Waals surface area contributed by atoms with E-state index < -0.39 is 0 Å². The number of benzene rings is 1. The molecule has 4 rings (SSSR count). The molecule has 1 amide bonds. The Morgan fingerprint density at radius 1 is 1.30 bits per heavy atom. The minimum absolute atomic E-state index is 0.00368. The number of fused-ring (bicyclic) bond motifs is 5. The van der Waals surface area contributed by atoms with Gasteiger partial charge < -0.3 is 4.90 Å². The summed E-state index contributed by atoms with van der Waals surface area (Å²) in [5.74, 6) is 2.68. The van der Waals surface area contributed by atoms with Gasteiger partial charge in [-0.15, -0.1) is 0 Å². The van der Waals surface area contributed by atoms with Crippen LogP contribution in [0.5, 0.6) is 0 Å². The molecule has 2 aliphatic rings. The SMILES string of the molecule is CC(C)C1C2CCC1c1c2cccc1N(C)C(=O)c1cn[nH]c1. The molecule has 2 aliphatic carbocycles. The van der Waals surface area contributed by atoms with E-state index in [2.05, 4.69) is 42.2 Å². The van der Waals surface area contributed by atoms with Crippen molar-refractivity contribution in [1.29, 1.82) is 0 Å². The largest absolute Gasteiger partial charge is 0.311 e. The summed E-state index contributed by atoms with van der Waals surface area (Å²) in [5, 5.41) is 6.61. The van der Waals surface area contributed by atoms with E-state index in [1.165, 1.54) is 24.0 Å². The fraction of sp³-hybridized carbons (Fsp3) is 0.474. The van der Waals surface area contributed by atoms with Gasteiger partial charge >= 0.3 is 0 Å². The molecule has 120 valence electrons. The Labute approximate surface area is 136 Å². The molecule has 0 radical (unpaired) electrons. The lowest BCUT2D eigenvalue weighted by atomic mass is 9.84. The van der Waals surface area contributed by atoms with Crippen molar-refractivity contribution in [2.24, 2.45) is 11.8 Å². The van der Waals surface area contributed by atoms with E-state index in [9.17, 15) is 4.79 Å². The highest BCUT2D eigenvalue weighted by atomic mass is 16.2. The lowest BCUT2D eigenvalue weighted by Gasteiger charge is -2.25. The number of anilines is 1. The van der Waals surface area contributed by atoms with E-state index in [4.69, 9.17) is 0 Å². The maximum Gasteiger partial charge on any atom is 0.261 e. The Bertz CT molecular complexity index is 735. The Morgan fingerprint density at radius 2 is 2.09 bits per heavy atom. The zero-order valence-corrected chi connectivity index (χ0v) is 13.9. The third-order valence-electron chi connectivity index (χ3n) is 5.79. The summed E-state index contributed by atoms with van der Waals surface area (Å²) >= 11 is 0. The second kappa shape index (κ2) is 5.22. The molecule has 1 aromatic carbocycles. The van der Waals surface area contributed by atoms with Gasteiger partial charge in [-0.3, -0.25) is 9.89 Å². The highest BCUT2D eigenvalue weighted by Gasteiger charge is 2.48. The summed E-state index contributed by atoms with van der Waals surface area (Å²) in [6.45, 7) is 4.67. The van der Waals surface area contributed by atoms with Crippen LogP contribution in [0.2, 0.25) is 0 Å². The van der Waals surface area contributed by atoms with Gasteiger partial charge in [0.1, 0.15) is 0 Å². The van der Waals surface area contributed by atoms with E-state index in [-0.39, 0.29) is 5.91 Å². The van der Waals surface area contributed by atoms with Gasteiger partial charge in [0, 0.05) is 18.9 Å². The molecule has 0 aliphatic heterocycles. The Balaban J connectivity index is 1.75. The molecular weight excluding hydrogens is 286 g/mol. The van der Waals surface area contributed by atoms with Crippen molar-refractivity contribution in [3.8, 4) is 0 Å². The number of amides is 1. The van der Waals surface area contributed by atoms with Crippen molar-refractivity contribution < 1.29 is 4.79 Å². The smallest absolute Gasteiger partial charge is 0.261 e. The Kier molecular flexibility index (Phi) is 3.29. The van der Waals surface area contributed by atoms with E-state index >= 15 is 0 Å². The van der Waals surface area contributed by atoms with Crippen LogP contribution in [0.25, 0.3) is 0 Å². The van der Waals surface area contributed by atoms with Gasteiger partial charge in [0.15, 0.2) is 0 Å². The molecule has 4 heteroatoms. The van der Waals surface area contributed by atoms with Gasteiger partial charge in [0.2, 0.25) is 0 Å². The Hall–Kier alpha value is -2.10. The number of aromatic nitrogens is 2. The quantitative estimate of drug-likeness (QED) is 0.933. The van der Waals surface area contributed by atoms with E-state index in [1.54, 1.807) is 17.3 Å². The third-order valence-corrected chi connectivity index (χ3v) is 5.79. The van der Waals surface area contributed by atoms with E-state index in [0.717, 1.165) is 11.6 Å². The number of aromatic amines is 1. The van der Waals surface area contributed by atoms with Crippen LogP contribution in [0.15, 0.2) is 30.6 Å². The molecule has 1 saturated carbocycles. The molecule has 1 heterocycles. The van der Waals surface area contributed by atoms with E-state index in [1.807, 2.05) is 7.05 Å². The van der Waals surface area contributed by atoms with Crippen LogP contribution < -0.4 is 4.90 Å². The summed E-state index contributed by atoms with van der Waals surface area (Å²) < 4.78 is 0. The number of hydrogen-bond donors (Lipinski definition) is 1. The van der Waals surface area contributed by atoms with Crippen LogP contribution in [-0.2, 0) is 0 Å². The van der Waals surface area contributed by atoms with Crippen LogP contribution in [0.4, 0.5) is 5.69 Å². The lowest BCUT2D eigenvalue weighted by molar-refractivity contribution is 0.0993. The summed E-state index contributed by atoms with van der Waals surface area (Å²) in [5.41, 5.74) is 4.58. The first-order valence-corrected chi connectivity index (χ1v) is 8.49. The van der Waals surface area contributed by atoms with Crippen LogP contribution in [0.1, 0.15) is 60.0 Å². The average Bonchev–Trinajstić information content (AvgIpc) is 3.27. The number of H-pyrrole nitrogens is 1. The number of hydrogen-bond acceptors (Lipinski definition) is 2. The summed E-state index contributed by atoms with van der Waals surface area (Å²) in [6, 6.07) is 6.47. The average molecular weight is 309 g/mol. The molecule has 1 fully saturated rings. The highest BCUT2D eigenvalue weighted by molar-refractivity contribution is 6.06. The molecule has 2 aromatic rings. The minimum atomic E-state index is -0.00368. The van der Waals surface area contributed by atoms with Gasteiger partial charge in [0.05, 0.1) is 11.8 Å². The number of carbonyl (C=O) groups is 1. The number of nitrogens with zero attached hydrogens (tertiary/aromatic N) is 2. The van der Waals surface area contributed by atoms with Crippen LogP contribution >= 0.6 is 0 Å². The van der Waals surface area contributed by atoms with Crippen molar-refractivity contribution in [2.75, 3.05) is 11.9 Å². The second-order valence-corrected chi connectivity index (χ2v) is 7.24. The topological polar surface area (TPSA) is 49.0 Å². The normalized spacial score (nSPS) is 25.0. The summed E-state index contributed by atoms with van der Waals surface area (Å²) in [6.07, 6.45) is 5.80.